The second-order valence-corrected chi connectivity index (χ2v) is 12.2. The average Bonchev–Trinajstić information content (AvgIpc) is 3.38. The second kappa shape index (κ2) is 12.9. The molecule has 0 bridgehead atoms. The van der Waals surface area contributed by atoms with Crippen LogP contribution in [0.15, 0.2) is 112 Å². The molecule has 3 amide bonds. The lowest BCUT2D eigenvalue weighted by atomic mass is 10.2. The third kappa shape index (κ3) is 6.09. The van der Waals surface area contributed by atoms with E-state index in [4.69, 9.17) is 9.47 Å². The lowest BCUT2D eigenvalue weighted by molar-refractivity contribution is -0.123. The van der Waals surface area contributed by atoms with Gasteiger partial charge in [-0.05, 0) is 72.2 Å². The summed E-state index contributed by atoms with van der Waals surface area (Å²) in [5, 5.41) is 2.52. The van der Waals surface area contributed by atoms with Crippen molar-refractivity contribution in [1.82, 2.24) is 10.2 Å². The third-order valence-corrected chi connectivity index (χ3v) is 9.69. The minimum absolute atomic E-state index is 0.324. The summed E-state index contributed by atoms with van der Waals surface area (Å²) < 4.78 is 10.6. The van der Waals surface area contributed by atoms with Crippen LogP contribution < -0.4 is 19.7 Å². The molecule has 2 aliphatic heterocycles. The number of fused-ring (bicyclic) bond motifs is 2. The molecule has 1 N–H and O–H groups in total. The minimum atomic E-state index is -0.499. The Bertz CT molecular complexity index is 1610. The quantitative estimate of drug-likeness (QED) is 0.162. The summed E-state index contributed by atoms with van der Waals surface area (Å²) in [6, 6.07) is 31.3. The summed E-state index contributed by atoms with van der Waals surface area (Å²) in [5.74, 6) is 1.12. The first kappa shape index (κ1) is 28.8. The number of carbonyl (C=O) groups is 2. The fraction of sp³-hybridized carbons (Fsp3) is 0.176. The summed E-state index contributed by atoms with van der Waals surface area (Å²) >= 11 is 3.14. The van der Waals surface area contributed by atoms with Gasteiger partial charge in [-0.3, -0.25) is 4.79 Å². The molecule has 0 aliphatic carbocycles. The van der Waals surface area contributed by atoms with E-state index in [2.05, 4.69) is 58.7 Å². The van der Waals surface area contributed by atoms with E-state index >= 15 is 0 Å². The highest BCUT2D eigenvalue weighted by Gasteiger charge is 2.41. The molecule has 0 radical (unpaired) electrons. The molecule has 9 heteroatoms. The van der Waals surface area contributed by atoms with E-state index in [1.807, 2.05) is 54.6 Å². The topological polar surface area (TPSA) is 71.1 Å². The standard InChI is InChI=1S/C34H31N3O4S2/c1-40-25-16-12-23(13-17-25)22-31-32(38)37(33(43-31)24-14-18-26(41-2)19-15-24)34(39)35-20-7-21-36-27-8-3-5-10-29(27)42-30-11-6-4-9-28(30)36/h3-6,8-19,22,33H,7,20-21H2,1-2H3,(H,35,39)/b31-22+. The highest BCUT2D eigenvalue weighted by Crippen LogP contribution is 2.48. The van der Waals surface area contributed by atoms with Crippen molar-refractivity contribution >= 4 is 52.9 Å². The maximum absolute atomic E-state index is 13.7. The number of nitrogens with zero attached hydrogens (tertiary/aromatic N) is 2. The Hall–Kier alpha value is -4.34. The molecule has 4 aromatic carbocycles. The molecule has 0 spiro atoms. The van der Waals surface area contributed by atoms with E-state index in [0.717, 1.165) is 34.8 Å². The highest BCUT2D eigenvalue weighted by atomic mass is 32.2. The number of hydrogen-bond donors (Lipinski definition) is 1. The summed E-state index contributed by atoms with van der Waals surface area (Å²) in [4.78, 5) is 33.8. The number of rotatable bonds is 8. The molecule has 218 valence electrons. The molecule has 4 aromatic rings. The molecule has 6 rings (SSSR count). The zero-order valence-electron chi connectivity index (χ0n) is 23.9. The van der Waals surface area contributed by atoms with E-state index in [9.17, 15) is 9.59 Å². The van der Waals surface area contributed by atoms with Crippen molar-refractivity contribution in [3.8, 4) is 11.5 Å². The van der Waals surface area contributed by atoms with Crippen LogP contribution in [0, 0.1) is 0 Å². The van der Waals surface area contributed by atoms with Crippen molar-refractivity contribution in [2.24, 2.45) is 0 Å². The average molecular weight is 610 g/mol. The van der Waals surface area contributed by atoms with Gasteiger partial charge in [0, 0.05) is 22.9 Å². The first-order valence-electron chi connectivity index (χ1n) is 14.0. The number of benzene rings is 4. The van der Waals surface area contributed by atoms with Crippen LogP contribution in [-0.2, 0) is 4.79 Å². The van der Waals surface area contributed by atoms with Crippen molar-refractivity contribution in [3.63, 3.8) is 0 Å². The summed E-state index contributed by atoms with van der Waals surface area (Å²) in [6.45, 7) is 1.15. The van der Waals surface area contributed by atoms with Crippen LogP contribution in [0.1, 0.15) is 22.9 Å². The maximum atomic E-state index is 13.7. The Morgan fingerprint density at radius 1 is 0.837 bits per heavy atom. The number of anilines is 2. The molecule has 1 atom stereocenters. The van der Waals surface area contributed by atoms with Gasteiger partial charge in [-0.25, -0.2) is 9.69 Å². The van der Waals surface area contributed by atoms with Gasteiger partial charge < -0.3 is 19.7 Å². The van der Waals surface area contributed by atoms with Crippen LogP contribution in [0.3, 0.4) is 0 Å². The Balaban J connectivity index is 1.17. The van der Waals surface area contributed by atoms with E-state index in [0.29, 0.717) is 23.6 Å². The van der Waals surface area contributed by atoms with Crippen LogP contribution in [0.2, 0.25) is 0 Å². The van der Waals surface area contributed by atoms with Gasteiger partial charge in [-0.15, -0.1) is 0 Å². The number of amides is 3. The molecule has 1 fully saturated rings. The van der Waals surface area contributed by atoms with Gasteiger partial charge in [0.15, 0.2) is 0 Å². The van der Waals surface area contributed by atoms with Gasteiger partial charge in [0.2, 0.25) is 0 Å². The van der Waals surface area contributed by atoms with E-state index < -0.39 is 11.4 Å². The monoisotopic (exact) mass is 609 g/mol. The predicted molar refractivity (Wildman–Crippen MR) is 173 cm³/mol. The smallest absolute Gasteiger partial charge is 0.325 e. The number of thioether (sulfide) groups is 1. The number of urea groups is 1. The van der Waals surface area contributed by atoms with Gasteiger partial charge in [0.1, 0.15) is 16.9 Å². The Morgan fingerprint density at radius 3 is 2.02 bits per heavy atom. The summed E-state index contributed by atoms with van der Waals surface area (Å²) in [7, 11) is 3.22. The minimum Gasteiger partial charge on any atom is -0.497 e. The van der Waals surface area contributed by atoms with Crippen molar-refractivity contribution in [3.05, 3.63) is 113 Å². The highest BCUT2D eigenvalue weighted by molar-refractivity contribution is 8.04. The van der Waals surface area contributed by atoms with Gasteiger partial charge >= 0.3 is 6.03 Å². The van der Waals surface area contributed by atoms with Crippen LogP contribution in [0.25, 0.3) is 6.08 Å². The van der Waals surface area contributed by atoms with Gasteiger partial charge in [0.25, 0.3) is 5.91 Å². The van der Waals surface area contributed by atoms with Crippen molar-refractivity contribution in [2.75, 3.05) is 32.2 Å². The zero-order chi connectivity index (χ0) is 29.8. The van der Waals surface area contributed by atoms with Crippen LogP contribution in [0.5, 0.6) is 11.5 Å². The van der Waals surface area contributed by atoms with Crippen LogP contribution in [-0.4, -0.2) is 44.1 Å². The number of hydrogen-bond acceptors (Lipinski definition) is 7. The molecular weight excluding hydrogens is 579 g/mol. The molecule has 0 saturated carbocycles. The lowest BCUT2D eigenvalue weighted by Crippen LogP contribution is -2.42. The molecule has 43 heavy (non-hydrogen) atoms. The van der Waals surface area contributed by atoms with E-state index in [-0.39, 0.29) is 5.91 Å². The summed E-state index contributed by atoms with van der Waals surface area (Å²) in [6.07, 6.45) is 2.52. The number of ether oxygens (including phenoxy) is 2. The van der Waals surface area contributed by atoms with E-state index in [1.54, 1.807) is 26.0 Å². The summed E-state index contributed by atoms with van der Waals surface area (Å²) in [5.41, 5.74) is 4.02. The maximum Gasteiger partial charge on any atom is 0.325 e. The molecule has 2 heterocycles. The molecule has 1 saturated heterocycles. The van der Waals surface area contributed by atoms with Crippen molar-refractivity contribution < 1.29 is 19.1 Å². The van der Waals surface area contributed by atoms with Crippen LogP contribution >= 0.6 is 23.5 Å². The lowest BCUT2D eigenvalue weighted by Gasteiger charge is -2.32. The normalized spacial score (nSPS) is 16.6. The number of para-hydroxylation sites is 2. The number of carbonyl (C=O) groups excluding carboxylic acids is 2. The largest absolute Gasteiger partial charge is 0.497 e. The molecule has 1 unspecified atom stereocenters. The number of methoxy groups -OCH3 is 2. The second-order valence-electron chi connectivity index (χ2n) is 9.97. The van der Waals surface area contributed by atoms with Gasteiger partial charge in [0.05, 0.1) is 30.5 Å². The van der Waals surface area contributed by atoms with Crippen molar-refractivity contribution in [2.45, 2.75) is 21.6 Å². The fourth-order valence-electron chi connectivity index (χ4n) is 5.12. The SMILES string of the molecule is COc1ccc(/C=C2/SC(c3ccc(OC)cc3)N(C(=O)NCCCN3c4ccccc4Sc4ccccc43)C2=O)cc1. The molecular formula is C34H31N3O4S2. The predicted octanol–water partition coefficient (Wildman–Crippen LogP) is 7.72. The first-order chi connectivity index (χ1) is 21.1. The Labute approximate surface area is 259 Å². The number of nitrogens with one attached hydrogen (secondary N) is 1. The van der Waals surface area contributed by atoms with Crippen LogP contribution in [0.4, 0.5) is 16.2 Å². The Morgan fingerprint density at radius 2 is 1.42 bits per heavy atom. The zero-order valence-corrected chi connectivity index (χ0v) is 25.5. The first-order valence-corrected chi connectivity index (χ1v) is 15.7. The van der Waals surface area contributed by atoms with Gasteiger partial charge in [-0.2, -0.15) is 0 Å². The molecule has 0 aromatic heterocycles. The third-order valence-electron chi connectivity index (χ3n) is 7.30. The van der Waals surface area contributed by atoms with E-state index in [1.165, 1.54) is 26.5 Å². The fourth-order valence-corrected chi connectivity index (χ4v) is 7.45. The molecule has 7 nitrogen and oxygen atoms in total. The molecule has 2 aliphatic rings. The van der Waals surface area contributed by atoms with Crippen molar-refractivity contribution in [1.29, 1.82) is 0 Å². The van der Waals surface area contributed by atoms with Gasteiger partial charge in [-0.1, -0.05) is 72.1 Å². The number of imide groups is 1. The Kier molecular flexibility index (Phi) is 8.62.